The van der Waals surface area contributed by atoms with Gasteiger partial charge in [0, 0.05) is 17.1 Å². The summed E-state index contributed by atoms with van der Waals surface area (Å²) in [5.41, 5.74) is 16.4. The lowest BCUT2D eigenvalue weighted by Crippen LogP contribution is -2.10. The van der Waals surface area contributed by atoms with Gasteiger partial charge in [0.1, 0.15) is 0 Å². The van der Waals surface area contributed by atoms with Gasteiger partial charge in [-0.05, 0) is 156 Å². The van der Waals surface area contributed by atoms with E-state index >= 15 is 0 Å². The number of para-hydroxylation sites is 2. The van der Waals surface area contributed by atoms with Gasteiger partial charge in [0.25, 0.3) is 0 Å². The fourth-order valence-electron chi connectivity index (χ4n) is 9.63. The number of hydrogen-bond acceptors (Lipinski definition) is 1. The van der Waals surface area contributed by atoms with Crippen LogP contribution in [0, 0.1) is 0 Å². The molecule has 0 spiro atoms. The number of hydrogen-bond donors (Lipinski definition) is 0. The third-order valence-electron chi connectivity index (χ3n) is 12.3. The summed E-state index contributed by atoms with van der Waals surface area (Å²) in [5.74, 6) is 0. The van der Waals surface area contributed by atoms with E-state index in [-0.39, 0.29) is 0 Å². The summed E-state index contributed by atoms with van der Waals surface area (Å²) < 4.78 is 0. The highest BCUT2D eigenvalue weighted by molar-refractivity contribution is 6.24. The van der Waals surface area contributed by atoms with Crippen molar-refractivity contribution >= 4 is 61.0 Å². The molecule has 280 valence electrons. The molecule has 2 aliphatic rings. The zero-order chi connectivity index (χ0) is 39.1. The molecule has 0 heterocycles. The van der Waals surface area contributed by atoms with Gasteiger partial charge < -0.3 is 4.90 Å². The van der Waals surface area contributed by atoms with Crippen LogP contribution in [0.15, 0.2) is 206 Å². The van der Waals surface area contributed by atoms with Gasteiger partial charge in [0.2, 0.25) is 0 Å². The van der Waals surface area contributed by atoms with E-state index in [1.54, 1.807) is 0 Å². The fourth-order valence-corrected chi connectivity index (χ4v) is 9.63. The van der Waals surface area contributed by atoms with E-state index in [4.69, 9.17) is 0 Å². The SMILES string of the molecule is C1=CC(c2cc(-c3ccccc3)c3c(c4c(c5cc(N(c6ccccc6)c6ccccc6)ccc53)CCC=C4)c2-c2ccc(-c3cccc4ccccc34)cc2)=CCC1. The Morgan fingerprint density at radius 1 is 0.390 bits per heavy atom. The molecule has 0 N–H and O–H groups in total. The quantitative estimate of drug-likeness (QED) is 0.147. The number of allylic oxidation sites excluding steroid dienone is 5. The minimum atomic E-state index is 0.991. The first-order valence-electron chi connectivity index (χ1n) is 21.0. The molecule has 0 radical (unpaired) electrons. The summed E-state index contributed by atoms with van der Waals surface area (Å²) in [6.45, 7) is 0. The van der Waals surface area contributed by atoms with Crippen molar-refractivity contribution in [3.63, 3.8) is 0 Å². The van der Waals surface area contributed by atoms with Crippen LogP contribution in [0.25, 0.3) is 77.3 Å². The number of rotatable bonds is 7. The minimum Gasteiger partial charge on any atom is -0.310 e. The predicted octanol–water partition coefficient (Wildman–Crippen LogP) is 16.3. The average Bonchev–Trinajstić information content (AvgIpc) is 3.32. The van der Waals surface area contributed by atoms with E-state index in [9.17, 15) is 0 Å². The second-order valence-corrected chi connectivity index (χ2v) is 15.8. The van der Waals surface area contributed by atoms with Crippen LogP contribution in [0.2, 0.25) is 0 Å². The molecular weight excluding hydrogens is 711 g/mol. The first-order valence-corrected chi connectivity index (χ1v) is 21.0. The van der Waals surface area contributed by atoms with Gasteiger partial charge in [-0.1, -0.05) is 170 Å². The maximum Gasteiger partial charge on any atom is 0.0468 e. The molecule has 59 heavy (non-hydrogen) atoms. The van der Waals surface area contributed by atoms with E-state index in [2.05, 4.69) is 217 Å². The smallest absolute Gasteiger partial charge is 0.0468 e. The van der Waals surface area contributed by atoms with E-state index in [1.807, 2.05) is 0 Å². The maximum absolute atomic E-state index is 2.50. The van der Waals surface area contributed by atoms with Crippen LogP contribution >= 0.6 is 0 Å². The van der Waals surface area contributed by atoms with Gasteiger partial charge in [0.15, 0.2) is 0 Å². The van der Waals surface area contributed by atoms with E-state index < -0.39 is 0 Å². The van der Waals surface area contributed by atoms with Crippen LogP contribution in [0.1, 0.15) is 36.0 Å². The Hall–Kier alpha value is -7.22. The topological polar surface area (TPSA) is 3.24 Å². The summed E-state index contributed by atoms with van der Waals surface area (Å²) in [4.78, 5) is 2.39. The van der Waals surface area contributed by atoms with Gasteiger partial charge >= 0.3 is 0 Å². The van der Waals surface area contributed by atoms with Crippen molar-refractivity contribution in [3.8, 4) is 33.4 Å². The molecule has 0 atom stereocenters. The molecule has 0 saturated carbocycles. The fraction of sp³-hybridized carbons (Fsp3) is 0.0690. The highest BCUT2D eigenvalue weighted by Gasteiger charge is 2.26. The van der Waals surface area contributed by atoms with Crippen LogP contribution in [0.4, 0.5) is 17.1 Å². The van der Waals surface area contributed by atoms with E-state index in [0.29, 0.717) is 0 Å². The monoisotopic (exact) mass is 753 g/mol. The third-order valence-corrected chi connectivity index (χ3v) is 12.3. The molecule has 1 nitrogen and oxygen atoms in total. The van der Waals surface area contributed by atoms with Crippen LogP contribution in [0.5, 0.6) is 0 Å². The summed E-state index contributed by atoms with van der Waals surface area (Å²) >= 11 is 0. The van der Waals surface area contributed by atoms with E-state index in [1.165, 1.54) is 88.0 Å². The standard InChI is InChI=1S/C58H43N/c1-5-18-41(19-6-1)53-39-54(42-20-7-2-8-21-42)57-52-37-36-47(59(45-24-9-3-10-25-45)46-26-11-4-12-27-46)38-55(52)50-29-15-16-30-51(50)58(57)56(53)44-34-32-43(33-35-44)49-31-17-23-40-22-13-14-28-48(40)49/h2-5,7-14,16-28,30-39H,1,6,15,29H2. The first-order chi connectivity index (χ1) is 29.3. The van der Waals surface area contributed by atoms with Crippen molar-refractivity contribution < 1.29 is 0 Å². The van der Waals surface area contributed by atoms with Gasteiger partial charge in [-0.3, -0.25) is 0 Å². The molecule has 0 saturated heterocycles. The highest BCUT2D eigenvalue weighted by atomic mass is 15.1. The van der Waals surface area contributed by atoms with Crippen LogP contribution in [-0.4, -0.2) is 0 Å². The van der Waals surface area contributed by atoms with Gasteiger partial charge in [-0.15, -0.1) is 0 Å². The van der Waals surface area contributed by atoms with Crippen LogP contribution < -0.4 is 4.90 Å². The zero-order valence-electron chi connectivity index (χ0n) is 33.0. The van der Waals surface area contributed by atoms with Gasteiger partial charge in [-0.25, -0.2) is 0 Å². The molecule has 0 aliphatic heterocycles. The number of aryl methyl sites for hydroxylation is 1. The van der Waals surface area contributed by atoms with Crippen molar-refractivity contribution in [2.24, 2.45) is 0 Å². The Morgan fingerprint density at radius 2 is 1.05 bits per heavy atom. The third kappa shape index (κ3) is 6.18. The Morgan fingerprint density at radius 3 is 1.80 bits per heavy atom. The molecule has 0 fully saturated rings. The summed E-state index contributed by atoms with van der Waals surface area (Å²) in [6.07, 6.45) is 16.1. The Kier molecular flexibility index (Phi) is 8.86. The lowest BCUT2D eigenvalue weighted by atomic mass is 9.78. The van der Waals surface area contributed by atoms with Crippen molar-refractivity contribution in [1.29, 1.82) is 0 Å². The van der Waals surface area contributed by atoms with Crippen molar-refractivity contribution in [2.75, 3.05) is 4.90 Å². The molecule has 9 aromatic rings. The average molecular weight is 754 g/mol. The molecule has 0 unspecified atom stereocenters. The molecular formula is C58H43N. The summed E-state index contributed by atoms with van der Waals surface area (Å²) in [5, 5.41) is 7.82. The minimum absolute atomic E-state index is 0.991. The maximum atomic E-state index is 2.50. The Labute approximate surface area is 346 Å². The molecule has 0 bridgehead atoms. The summed E-state index contributed by atoms with van der Waals surface area (Å²) in [6, 6.07) is 67.0. The Balaban J connectivity index is 1.22. The predicted molar refractivity (Wildman–Crippen MR) is 254 cm³/mol. The van der Waals surface area contributed by atoms with Gasteiger partial charge in [-0.2, -0.15) is 0 Å². The molecule has 0 amide bonds. The summed E-state index contributed by atoms with van der Waals surface area (Å²) in [7, 11) is 0. The van der Waals surface area contributed by atoms with Crippen molar-refractivity contribution in [2.45, 2.75) is 25.7 Å². The van der Waals surface area contributed by atoms with E-state index in [0.717, 1.165) is 42.7 Å². The number of fused-ring (bicyclic) bond motifs is 7. The molecule has 1 heteroatoms. The normalized spacial score (nSPS) is 13.5. The van der Waals surface area contributed by atoms with Crippen LogP contribution in [-0.2, 0) is 6.42 Å². The second-order valence-electron chi connectivity index (χ2n) is 15.8. The number of nitrogens with zero attached hydrogens (tertiary/aromatic N) is 1. The number of benzene rings is 9. The first kappa shape index (κ1) is 35.0. The number of anilines is 3. The molecule has 11 rings (SSSR count). The Bertz CT molecular complexity index is 3070. The molecule has 0 aromatic heterocycles. The van der Waals surface area contributed by atoms with Crippen molar-refractivity contribution in [3.05, 3.63) is 223 Å². The highest BCUT2D eigenvalue weighted by Crippen LogP contribution is 2.50. The lowest BCUT2D eigenvalue weighted by molar-refractivity contribution is 1.00. The second kappa shape index (κ2) is 14.9. The van der Waals surface area contributed by atoms with Crippen LogP contribution in [0.3, 0.4) is 0 Å². The van der Waals surface area contributed by atoms with Crippen molar-refractivity contribution in [1.82, 2.24) is 0 Å². The molecule has 2 aliphatic carbocycles. The molecule has 9 aromatic carbocycles. The lowest BCUT2D eigenvalue weighted by Gasteiger charge is -2.28. The van der Waals surface area contributed by atoms with Gasteiger partial charge in [0.05, 0.1) is 0 Å². The largest absolute Gasteiger partial charge is 0.310 e. The zero-order valence-corrected chi connectivity index (χ0v) is 33.0.